The van der Waals surface area contributed by atoms with Gasteiger partial charge in [0.05, 0.1) is 13.2 Å². The topological polar surface area (TPSA) is 63.4 Å². The lowest BCUT2D eigenvalue weighted by Gasteiger charge is -2.45. The third-order valence-corrected chi connectivity index (χ3v) is 4.86. The van der Waals surface area contributed by atoms with E-state index in [1.54, 1.807) is 7.11 Å². The summed E-state index contributed by atoms with van der Waals surface area (Å²) in [5, 5.41) is 0. The van der Waals surface area contributed by atoms with Crippen molar-refractivity contribution in [2.45, 2.75) is 50.1 Å². The lowest BCUT2D eigenvalue weighted by atomic mass is 9.79. The number of nitrogens with one attached hydrogen (secondary N) is 1. The molecule has 0 saturated heterocycles. The number of hydrogen-bond donors (Lipinski definition) is 2. The molecule has 1 aliphatic rings. The molecule has 0 spiro atoms. The van der Waals surface area contributed by atoms with E-state index in [4.69, 9.17) is 10.6 Å². The van der Waals surface area contributed by atoms with Crippen molar-refractivity contribution in [2.24, 2.45) is 5.84 Å². The Morgan fingerprint density at radius 2 is 1.95 bits per heavy atom. The van der Waals surface area contributed by atoms with Crippen LogP contribution in [0.4, 0.5) is 0 Å². The average Bonchev–Trinajstić information content (AvgIpc) is 2.75. The van der Waals surface area contributed by atoms with Crippen LogP contribution >= 0.6 is 0 Å². The van der Waals surface area contributed by atoms with E-state index in [0.717, 1.165) is 24.3 Å². The van der Waals surface area contributed by atoms with E-state index >= 15 is 0 Å². The van der Waals surface area contributed by atoms with Gasteiger partial charge in [0.15, 0.2) is 0 Å². The Kier molecular flexibility index (Phi) is 5.56. The zero-order chi connectivity index (χ0) is 15.3. The number of rotatable bonds is 5. The number of ether oxygens (including phenoxy) is 1. The SMILES string of the molecule is COc1cccnc1C(NN)C1(N(C)C)CCCCCC1. The lowest BCUT2D eigenvalue weighted by Crippen LogP contribution is -2.55. The second-order valence-corrected chi connectivity index (χ2v) is 6.10. The number of nitrogens with zero attached hydrogens (tertiary/aromatic N) is 2. The summed E-state index contributed by atoms with van der Waals surface area (Å²) in [5.41, 5.74) is 3.91. The van der Waals surface area contributed by atoms with Crippen molar-refractivity contribution < 1.29 is 4.74 Å². The molecule has 0 radical (unpaired) electrons. The number of hydrazine groups is 1. The molecule has 0 bridgehead atoms. The van der Waals surface area contributed by atoms with E-state index in [1.165, 1.54) is 25.7 Å². The van der Waals surface area contributed by atoms with Gasteiger partial charge in [-0.15, -0.1) is 0 Å². The Morgan fingerprint density at radius 3 is 2.48 bits per heavy atom. The Morgan fingerprint density at radius 1 is 1.29 bits per heavy atom. The van der Waals surface area contributed by atoms with E-state index < -0.39 is 0 Å². The third kappa shape index (κ3) is 3.20. The maximum atomic E-state index is 5.96. The van der Waals surface area contributed by atoms with Crippen molar-refractivity contribution in [3.05, 3.63) is 24.0 Å². The van der Waals surface area contributed by atoms with Crippen molar-refractivity contribution in [1.29, 1.82) is 0 Å². The highest BCUT2D eigenvalue weighted by atomic mass is 16.5. The first-order valence-electron chi connectivity index (χ1n) is 7.78. The monoisotopic (exact) mass is 292 g/mol. The molecule has 1 unspecified atom stereocenters. The van der Waals surface area contributed by atoms with Gasteiger partial charge in [0.2, 0.25) is 0 Å². The molecular weight excluding hydrogens is 264 g/mol. The Bertz CT molecular complexity index is 442. The van der Waals surface area contributed by atoms with Gasteiger partial charge in [-0.1, -0.05) is 25.7 Å². The molecule has 5 nitrogen and oxygen atoms in total. The summed E-state index contributed by atoms with van der Waals surface area (Å²) in [6, 6.07) is 3.81. The number of nitrogens with two attached hydrogens (primary N) is 1. The molecule has 118 valence electrons. The summed E-state index contributed by atoms with van der Waals surface area (Å²) in [4.78, 5) is 6.88. The van der Waals surface area contributed by atoms with Crippen LogP contribution in [0.15, 0.2) is 18.3 Å². The van der Waals surface area contributed by atoms with Crippen LogP contribution in [0.5, 0.6) is 5.75 Å². The highest BCUT2D eigenvalue weighted by Gasteiger charge is 2.43. The average molecular weight is 292 g/mol. The number of aromatic nitrogens is 1. The predicted molar refractivity (Wildman–Crippen MR) is 85.0 cm³/mol. The van der Waals surface area contributed by atoms with E-state index in [-0.39, 0.29) is 11.6 Å². The van der Waals surface area contributed by atoms with Crippen molar-refractivity contribution in [3.8, 4) is 5.75 Å². The maximum absolute atomic E-state index is 5.96. The van der Waals surface area contributed by atoms with Crippen molar-refractivity contribution in [1.82, 2.24) is 15.3 Å². The van der Waals surface area contributed by atoms with E-state index in [1.807, 2.05) is 18.3 Å². The second-order valence-electron chi connectivity index (χ2n) is 6.10. The van der Waals surface area contributed by atoms with Gasteiger partial charge < -0.3 is 9.64 Å². The van der Waals surface area contributed by atoms with Gasteiger partial charge in [0.25, 0.3) is 0 Å². The highest BCUT2D eigenvalue weighted by Crippen LogP contribution is 2.42. The van der Waals surface area contributed by atoms with E-state index in [2.05, 4.69) is 29.4 Å². The van der Waals surface area contributed by atoms with Crippen molar-refractivity contribution in [3.63, 3.8) is 0 Å². The fourth-order valence-electron chi connectivity index (χ4n) is 3.62. The molecule has 3 N–H and O–H groups in total. The van der Waals surface area contributed by atoms with Gasteiger partial charge in [0, 0.05) is 11.7 Å². The van der Waals surface area contributed by atoms with Gasteiger partial charge in [-0.05, 0) is 39.1 Å². The molecule has 2 rings (SSSR count). The molecular formula is C16H28N4O. The van der Waals surface area contributed by atoms with Gasteiger partial charge in [-0.2, -0.15) is 0 Å². The zero-order valence-electron chi connectivity index (χ0n) is 13.4. The van der Waals surface area contributed by atoms with E-state index in [9.17, 15) is 0 Å². The second kappa shape index (κ2) is 7.20. The summed E-state index contributed by atoms with van der Waals surface area (Å²) in [6.07, 6.45) is 9.10. The smallest absolute Gasteiger partial charge is 0.142 e. The predicted octanol–water partition coefficient (Wildman–Crippen LogP) is 2.25. The highest BCUT2D eigenvalue weighted by molar-refractivity contribution is 5.32. The Hall–Kier alpha value is -1.17. The minimum absolute atomic E-state index is 0.0209. The van der Waals surface area contributed by atoms with Crippen LogP contribution in [0.25, 0.3) is 0 Å². The molecule has 1 heterocycles. The molecule has 5 heteroatoms. The quantitative estimate of drug-likeness (QED) is 0.495. The van der Waals surface area contributed by atoms with Gasteiger partial charge in [0.1, 0.15) is 11.4 Å². The van der Waals surface area contributed by atoms with Gasteiger partial charge in [-0.3, -0.25) is 10.8 Å². The molecule has 1 atom stereocenters. The van der Waals surface area contributed by atoms with Crippen LogP contribution in [-0.4, -0.2) is 36.6 Å². The maximum Gasteiger partial charge on any atom is 0.142 e. The van der Waals surface area contributed by atoms with Crippen molar-refractivity contribution >= 4 is 0 Å². The molecule has 1 aromatic heterocycles. The molecule has 0 amide bonds. The van der Waals surface area contributed by atoms with Crippen LogP contribution in [0, 0.1) is 0 Å². The van der Waals surface area contributed by atoms with E-state index in [0.29, 0.717) is 0 Å². The van der Waals surface area contributed by atoms with Crippen LogP contribution in [-0.2, 0) is 0 Å². The first-order valence-corrected chi connectivity index (χ1v) is 7.78. The van der Waals surface area contributed by atoms with Crippen LogP contribution in [0.3, 0.4) is 0 Å². The Balaban J connectivity index is 2.44. The first-order chi connectivity index (χ1) is 10.2. The third-order valence-electron chi connectivity index (χ3n) is 4.86. The largest absolute Gasteiger partial charge is 0.495 e. The lowest BCUT2D eigenvalue weighted by molar-refractivity contribution is 0.0769. The summed E-state index contributed by atoms with van der Waals surface area (Å²) in [6.45, 7) is 0. The number of pyridine rings is 1. The number of hydrogen-bond acceptors (Lipinski definition) is 5. The zero-order valence-corrected chi connectivity index (χ0v) is 13.4. The molecule has 1 aromatic rings. The molecule has 21 heavy (non-hydrogen) atoms. The minimum atomic E-state index is -0.0400. The molecule has 1 saturated carbocycles. The fraction of sp³-hybridized carbons (Fsp3) is 0.688. The normalized spacial score (nSPS) is 20.0. The summed E-state index contributed by atoms with van der Waals surface area (Å²) >= 11 is 0. The van der Waals surface area contributed by atoms with Gasteiger partial charge in [-0.25, -0.2) is 5.43 Å². The van der Waals surface area contributed by atoms with Crippen LogP contribution in [0.2, 0.25) is 0 Å². The minimum Gasteiger partial charge on any atom is -0.495 e. The Labute approximate surface area is 127 Å². The first kappa shape index (κ1) is 16.2. The molecule has 0 aliphatic heterocycles. The van der Waals surface area contributed by atoms with Crippen molar-refractivity contribution in [2.75, 3.05) is 21.2 Å². The summed E-state index contributed by atoms with van der Waals surface area (Å²) in [5.74, 6) is 6.76. The number of likely N-dealkylation sites (N-methyl/N-ethyl adjacent to an activating group) is 1. The standard InChI is InChI=1S/C16H28N4O/c1-20(2)16(10-6-4-5-7-11-16)15(19-17)14-13(21-3)9-8-12-18-14/h8-9,12,15,19H,4-7,10-11,17H2,1-3H3. The molecule has 1 aliphatic carbocycles. The molecule has 1 fully saturated rings. The summed E-state index contributed by atoms with van der Waals surface area (Å²) < 4.78 is 5.50. The fourth-order valence-corrected chi connectivity index (χ4v) is 3.62. The van der Waals surface area contributed by atoms with Gasteiger partial charge >= 0.3 is 0 Å². The van der Waals surface area contributed by atoms with Crippen LogP contribution < -0.4 is 16.0 Å². The van der Waals surface area contributed by atoms with Crippen LogP contribution in [0.1, 0.15) is 50.3 Å². The summed E-state index contributed by atoms with van der Waals surface area (Å²) in [7, 11) is 5.97. The molecule has 0 aromatic carbocycles. The number of methoxy groups -OCH3 is 1.